The van der Waals surface area contributed by atoms with E-state index in [1.165, 1.54) is 0 Å². The highest BCUT2D eigenvalue weighted by Crippen LogP contribution is 2.16. The molecule has 2 rings (SSSR count). The van der Waals surface area contributed by atoms with Crippen molar-refractivity contribution in [2.75, 3.05) is 0 Å². The van der Waals surface area contributed by atoms with Crippen LogP contribution < -0.4 is 0 Å². The number of hydrogen-bond acceptors (Lipinski definition) is 2. The van der Waals surface area contributed by atoms with Crippen LogP contribution >= 0.6 is 0 Å². The summed E-state index contributed by atoms with van der Waals surface area (Å²) in [4.78, 5) is 22.2. The molecular weight excluding hydrogens is 248 g/mol. The zero-order chi connectivity index (χ0) is 14.2. The summed E-state index contributed by atoms with van der Waals surface area (Å²) in [5.41, 5.74) is 0.716. The lowest BCUT2D eigenvalue weighted by molar-refractivity contribution is -0.107. The number of hydrogen-bond donors (Lipinski definition) is 0. The first-order valence-electron chi connectivity index (χ1n) is 6.94. The van der Waals surface area contributed by atoms with Crippen LogP contribution in [0.15, 0.2) is 54.6 Å². The standard InChI is InChI=1S/C18H18O2/c19-13-7-3-1-2-4-10-18(20)17-12-11-15-8-5-6-9-16(15)14-17/h4-6,8-14H,1-3,7H2/b10-4+. The van der Waals surface area contributed by atoms with Crippen molar-refractivity contribution in [1.29, 1.82) is 0 Å². The van der Waals surface area contributed by atoms with Gasteiger partial charge in [-0.3, -0.25) is 4.79 Å². The molecule has 102 valence electrons. The van der Waals surface area contributed by atoms with E-state index in [-0.39, 0.29) is 5.78 Å². The minimum absolute atomic E-state index is 0.0335. The normalized spacial score (nSPS) is 11.0. The summed E-state index contributed by atoms with van der Waals surface area (Å²) >= 11 is 0. The molecule has 0 heterocycles. The summed E-state index contributed by atoms with van der Waals surface area (Å²) in [6.45, 7) is 0. The van der Waals surface area contributed by atoms with E-state index in [2.05, 4.69) is 0 Å². The molecule has 2 nitrogen and oxygen atoms in total. The zero-order valence-electron chi connectivity index (χ0n) is 11.4. The van der Waals surface area contributed by atoms with Crippen LogP contribution in [-0.4, -0.2) is 12.1 Å². The Bertz CT molecular complexity index is 626. The van der Waals surface area contributed by atoms with Crippen molar-refractivity contribution in [2.24, 2.45) is 0 Å². The number of aldehydes is 1. The van der Waals surface area contributed by atoms with Gasteiger partial charge in [0.1, 0.15) is 6.29 Å². The molecule has 0 aliphatic rings. The van der Waals surface area contributed by atoms with Crippen LogP contribution in [0.4, 0.5) is 0 Å². The second kappa shape index (κ2) is 7.39. The highest BCUT2D eigenvalue weighted by molar-refractivity contribution is 6.06. The third-order valence-corrected chi connectivity index (χ3v) is 3.25. The van der Waals surface area contributed by atoms with Gasteiger partial charge in [0.25, 0.3) is 0 Å². The van der Waals surface area contributed by atoms with E-state index >= 15 is 0 Å². The van der Waals surface area contributed by atoms with Crippen molar-refractivity contribution >= 4 is 22.8 Å². The van der Waals surface area contributed by atoms with E-state index in [1.54, 1.807) is 6.08 Å². The molecule has 0 saturated carbocycles. The monoisotopic (exact) mass is 266 g/mol. The van der Waals surface area contributed by atoms with Crippen LogP contribution in [0.1, 0.15) is 36.0 Å². The summed E-state index contributed by atoms with van der Waals surface area (Å²) in [5, 5.41) is 2.22. The number of unbranched alkanes of at least 4 members (excludes halogenated alkanes) is 3. The fraction of sp³-hybridized carbons (Fsp3) is 0.222. The van der Waals surface area contributed by atoms with E-state index in [4.69, 9.17) is 0 Å². The highest BCUT2D eigenvalue weighted by Gasteiger charge is 2.02. The van der Waals surface area contributed by atoms with Gasteiger partial charge in [-0.05, 0) is 42.2 Å². The van der Waals surface area contributed by atoms with Crippen molar-refractivity contribution in [3.63, 3.8) is 0 Å². The number of carbonyl (C=O) groups is 2. The van der Waals surface area contributed by atoms with Gasteiger partial charge < -0.3 is 4.79 Å². The number of ketones is 1. The Labute approximate surface area is 119 Å². The molecule has 0 unspecified atom stereocenters. The summed E-state index contributed by atoms with van der Waals surface area (Å²) in [6, 6.07) is 13.8. The topological polar surface area (TPSA) is 34.1 Å². The Hall–Kier alpha value is -2.22. The molecule has 2 heteroatoms. The van der Waals surface area contributed by atoms with Crippen LogP contribution in [0.2, 0.25) is 0 Å². The third-order valence-electron chi connectivity index (χ3n) is 3.25. The molecule has 0 amide bonds. The van der Waals surface area contributed by atoms with E-state index in [9.17, 15) is 9.59 Å². The fourth-order valence-corrected chi connectivity index (χ4v) is 2.12. The first-order chi connectivity index (χ1) is 9.81. The van der Waals surface area contributed by atoms with Crippen LogP contribution in [0, 0.1) is 0 Å². The van der Waals surface area contributed by atoms with E-state index in [1.807, 2.05) is 48.5 Å². The molecule has 0 spiro atoms. The van der Waals surface area contributed by atoms with Crippen molar-refractivity contribution < 1.29 is 9.59 Å². The minimum Gasteiger partial charge on any atom is -0.303 e. The lowest BCUT2D eigenvalue weighted by atomic mass is 10.0. The fourth-order valence-electron chi connectivity index (χ4n) is 2.12. The SMILES string of the molecule is O=CCCCC/C=C/C(=O)c1ccc2ccccc2c1. The van der Waals surface area contributed by atoms with Gasteiger partial charge in [-0.2, -0.15) is 0 Å². The average Bonchev–Trinajstić information content (AvgIpc) is 2.50. The molecule has 0 N–H and O–H groups in total. The molecule has 20 heavy (non-hydrogen) atoms. The lowest BCUT2D eigenvalue weighted by Crippen LogP contribution is -1.93. The van der Waals surface area contributed by atoms with Gasteiger partial charge in [-0.1, -0.05) is 42.5 Å². The van der Waals surface area contributed by atoms with E-state index < -0.39 is 0 Å². The van der Waals surface area contributed by atoms with Crippen molar-refractivity contribution in [2.45, 2.75) is 25.7 Å². The quantitative estimate of drug-likeness (QED) is 0.323. The van der Waals surface area contributed by atoms with Crippen LogP contribution in [-0.2, 0) is 4.79 Å². The second-order valence-electron chi connectivity index (χ2n) is 4.78. The molecule has 0 saturated heterocycles. The molecule has 0 fully saturated rings. The second-order valence-corrected chi connectivity index (χ2v) is 4.78. The van der Waals surface area contributed by atoms with Gasteiger partial charge in [0, 0.05) is 12.0 Å². The maximum absolute atomic E-state index is 12.0. The van der Waals surface area contributed by atoms with Gasteiger partial charge in [0.15, 0.2) is 5.78 Å². The summed E-state index contributed by atoms with van der Waals surface area (Å²) < 4.78 is 0. The van der Waals surface area contributed by atoms with Crippen LogP contribution in [0.5, 0.6) is 0 Å². The summed E-state index contributed by atoms with van der Waals surface area (Å²) in [6.07, 6.45) is 7.73. The average molecular weight is 266 g/mol. The number of benzene rings is 2. The first-order valence-corrected chi connectivity index (χ1v) is 6.94. The minimum atomic E-state index is 0.0335. The van der Waals surface area contributed by atoms with Gasteiger partial charge in [0.2, 0.25) is 0 Å². The van der Waals surface area contributed by atoms with Crippen molar-refractivity contribution in [3.05, 3.63) is 60.2 Å². The number of fused-ring (bicyclic) bond motifs is 1. The Morgan fingerprint density at radius 3 is 2.50 bits per heavy atom. The van der Waals surface area contributed by atoms with E-state index in [0.29, 0.717) is 12.0 Å². The number of rotatable bonds is 7. The number of allylic oxidation sites excluding steroid dienone is 2. The predicted molar refractivity (Wildman–Crippen MR) is 82.0 cm³/mol. The van der Waals surface area contributed by atoms with Gasteiger partial charge in [0.05, 0.1) is 0 Å². The Kier molecular flexibility index (Phi) is 5.24. The van der Waals surface area contributed by atoms with Gasteiger partial charge in [-0.15, -0.1) is 0 Å². The van der Waals surface area contributed by atoms with Crippen LogP contribution in [0.25, 0.3) is 10.8 Å². The molecule has 2 aromatic rings. The molecule has 2 aromatic carbocycles. The van der Waals surface area contributed by atoms with E-state index in [0.717, 1.165) is 36.3 Å². The van der Waals surface area contributed by atoms with Crippen LogP contribution in [0.3, 0.4) is 0 Å². The Balaban J connectivity index is 1.96. The van der Waals surface area contributed by atoms with Gasteiger partial charge in [-0.25, -0.2) is 0 Å². The molecule has 0 bridgehead atoms. The maximum Gasteiger partial charge on any atom is 0.185 e. The maximum atomic E-state index is 12.0. The molecule has 0 aliphatic carbocycles. The van der Waals surface area contributed by atoms with Crippen molar-refractivity contribution in [1.82, 2.24) is 0 Å². The molecule has 0 aromatic heterocycles. The summed E-state index contributed by atoms with van der Waals surface area (Å²) in [5.74, 6) is 0.0335. The molecular formula is C18H18O2. The third kappa shape index (κ3) is 3.89. The lowest BCUT2D eigenvalue weighted by Gasteiger charge is -2.00. The molecule has 0 aliphatic heterocycles. The number of carbonyl (C=O) groups excluding carboxylic acids is 2. The molecule has 0 radical (unpaired) electrons. The Morgan fingerprint density at radius 2 is 1.70 bits per heavy atom. The molecule has 0 atom stereocenters. The first kappa shape index (κ1) is 14.2. The largest absolute Gasteiger partial charge is 0.303 e. The highest BCUT2D eigenvalue weighted by atomic mass is 16.1. The predicted octanol–water partition coefficient (Wildman–Crippen LogP) is 4.34. The summed E-state index contributed by atoms with van der Waals surface area (Å²) in [7, 11) is 0. The zero-order valence-corrected chi connectivity index (χ0v) is 11.4. The Morgan fingerprint density at radius 1 is 0.950 bits per heavy atom. The van der Waals surface area contributed by atoms with Gasteiger partial charge >= 0.3 is 0 Å². The van der Waals surface area contributed by atoms with Crippen molar-refractivity contribution in [3.8, 4) is 0 Å². The smallest absolute Gasteiger partial charge is 0.185 e.